The van der Waals surface area contributed by atoms with E-state index in [0.717, 1.165) is 36.5 Å². The standard InChI is InChI=1S/C13H15N3O/c1-10-9-16(6-7-17-10)13-8-14-11-4-2-3-5-12(11)15-13/h2-5,8,10H,6-7,9H2,1H3. The Morgan fingerprint density at radius 3 is 2.94 bits per heavy atom. The van der Waals surface area contributed by atoms with E-state index < -0.39 is 0 Å². The fraction of sp³-hybridized carbons (Fsp3) is 0.385. The Bertz CT molecular complexity index is 529. The van der Waals surface area contributed by atoms with E-state index in [0.29, 0.717) is 0 Å². The van der Waals surface area contributed by atoms with Gasteiger partial charge in [-0.3, -0.25) is 4.98 Å². The number of hydrogen-bond donors (Lipinski definition) is 0. The molecule has 3 rings (SSSR count). The molecule has 1 saturated heterocycles. The molecule has 0 N–H and O–H groups in total. The molecule has 4 heteroatoms. The molecule has 0 saturated carbocycles. The van der Waals surface area contributed by atoms with Crippen molar-refractivity contribution in [3.05, 3.63) is 30.5 Å². The second-order valence-electron chi connectivity index (χ2n) is 4.34. The second kappa shape index (κ2) is 4.30. The molecule has 1 fully saturated rings. The van der Waals surface area contributed by atoms with Crippen LogP contribution in [0.5, 0.6) is 0 Å². The summed E-state index contributed by atoms with van der Waals surface area (Å²) in [6.45, 7) is 4.61. The minimum atomic E-state index is 0.261. The van der Waals surface area contributed by atoms with E-state index in [4.69, 9.17) is 4.74 Å². The summed E-state index contributed by atoms with van der Waals surface area (Å²) in [6, 6.07) is 7.94. The zero-order valence-electron chi connectivity index (χ0n) is 9.84. The van der Waals surface area contributed by atoms with Gasteiger partial charge in [-0.1, -0.05) is 12.1 Å². The van der Waals surface area contributed by atoms with Gasteiger partial charge in [0, 0.05) is 13.1 Å². The largest absolute Gasteiger partial charge is 0.375 e. The van der Waals surface area contributed by atoms with Crippen molar-refractivity contribution >= 4 is 16.9 Å². The second-order valence-corrected chi connectivity index (χ2v) is 4.34. The highest BCUT2D eigenvalue weighted by atomic mass is 16.5. The van der Waals surface area contributed by atoms with E-state index in [1.807, 2.05) is 30.5 Å². The summed E-state index contributed by atoms with van der Waals surface area (Å²) in [6.07, 6.45) is 2.11. The highest BCUT2D eigenvalue weighted by molar-refractivity contribution is 5.75. The molecule has 17 heavy (non-hydrogen) atoms. The van der Waals surface area contributed by atoms with Crippen molar-refractivity contribution in [2.75, 3.05) is 24.6 Å². The lowest BCUT2D eigenvalue weighted by molar-refractivity contribution is 0.0529. The maximum atomic E-state index is 5.53. The maximum Gasteiger partial charge on any atom is 0.148 e. The molecule has 0 radical (unpaired) electrons. The molecule has 1 aliphatic heterocycles. The molecule has 2 heterocycles. The molecule has 1 unspecified atom stereocenters. The number of anilines is 1. The van der Waals surface area contributed by atoms with Crippen LogP contribution < -0.4 is 4.90 Å². The predicted molar refractivity (Wildman–Crippen MR) is 67.2 cm³/mol. The van der Waals surface area contributed by atoms with E-state index in [1.54, 1.807) is 0 Å². The van der Waals surface area contributed by atoms with Gasteiger partial charge in [-0.15, -0.1) is 0 Å². The first-order chi connectivity index (χ1) is 8.33. The predicted octanol–water partition coefficient (Wildman–Crippen LogP) is 1.85. The van der Waals surface area contributed by atoms with Crippen molar-refractivity contribution in [1.82, 2.24) is 9.97 Å². The van der Waals surface area contributed by atoms with Crippen LogP contribution in [0.15, 0.2) is 30.5 Å². The highest BCUT2D eigenvalue weighted by Crippen LogP contribution is 2.17. The maximum absolute atomic E-state index is 5.53. The summed E-state index contributed by atoms with van der Waals surface area (Å²) >= 11 is 0. The van der Waals surface area contributed by atoms with Gasteiger partial charge in [0.1, 0.15) is 5.82 Å². The van der Waals surface area contributed by atoms with E-state index in [2.05, 4.69) is 21.8 Å². The zero-order chi connectivity index (χ0) is 11.7. The molecule has 1 aromatic carbocycles. The van der Waals surface area contributed by atoms with Gasteiger partial charge in [-0.05, 0) is 19.1 Å². The first kappa shape index (κ1) is 10.5. The Morgan fingerprint density at radius 1 is 1.29 bits per heavy atom. The number of rotatable bonds is 1. The lowest BCUT2D eigenvalue weighted by atomic mass is 10.3. The quantitative estimate of drug-likeness (QED) is 0.748. The minimum Gasteiger partial charge on any atom is -0.375 e. The molecule has 1 aromatic heterocycles. The number of fused-ring (bicyclic) bond motifs is 1. The number of ether oxygens (including phenoxy) is 1. The monoisotopic (exact) mass is 229 g/mol. The fourth-order valence-electron chi connectivity index (χ4n) is 2.13. The summed E-state index contributed by atoms with van der Waals surface area (Å²) in [5, 5.41) is 0. The van der Waals surface area contributed by atoms with Crippen LogP contribution in [-0.2, 0) is 4.74 Å². The molecule has 4 nitrogen and oxygen atoms in total. The number of nitrogens with zero attached hydrogens (tertiary/aromatic N) is 3. The van der Waals surface area contributed by atoms with Crippen molar-refractivity contribution in [2.24, 2.45) is 0 Å². The fourth-order valence-corrected chi connectivity index (χ4v) is 2.13. The number of aromatic nitrogens is 2. The van der Waals surface area contributed by atoms with Crippen LogP contribution in [0.4, 0.5) is 5.82 Å². The molecule has 88 valence electrons. The van der Waals surface area contributed by atoms with Gasteiger partial charge in [-0.2, -0.15) is 0 Å². The Hall–Kier alpha value is -1.68. The SMILES string of the molecule is CC1CN(c2cnc3ccccc3n2)CCO1. The number of para-hydroxylation sites is 2. The molecule has 2 aromatic rings. The minimum absolute atomic E-state index is 0.261. The Labute approximate surface area is 100 Å². The number of benzene rings is 1. The number of hydrogen-bond acceptors (Lipinski definition) is 4. The lowest BCUT2D eigenvalue weighted by Gasteiger charge is -2.31. The van der Waals surface area contributed by atoms with Gasteiger partial charge >= 0.3 is 0 Å². The van der Waals surface area contributed by atoms with Crippen LogP contribution >= 0.6 is 0 Å². The highest BCUT2D eigenvalue weighted by Gasteiger charge is 2.18. The van der Waals surface area contributed by atoms with Gasteiger partial charge in [0.25, 0.3) is 0 Å². The van der Waals surface area contributed by atoms with Crippen LogP contribution in [0.25, 0.3) is 11.0 Å². The van der Waals surface area contributed by atoms with Crippen molar-refractivity contribution in [2.45, 2.75) is 13.0 Å². The first-order valence-corrected chi connectivity index (χ1v) is 5.91. The van der Waals surface area contributed by atoms with E-state index in [-0.39, 0.29) is 6.10 Å². The van der Waals surface area contributed by atoms with E-state index in [9.17, 15) is 0 Å². The van der Waals surface area contributed by atoms with Crippen LogP contribution in [0.1, 0.15) is 6.92 Å². The van der Waals surface area contributed by atoms with Crippen molar-refractivity contribution < 1.29 is 4.74 Å². The van der Waals surface area contributed by atoms with Gasteiger partial charge < -0.3 is 9.64 Å². The Balaban J connectivity index is 1.94. The van der Waals surface area contributed by atoms with Crippen molar-refractivity contribution in [3.63, 3.8) is 0 Å². The van der Waals surface area contributed by atoms with Crippen molar-refractivity contribution in [1.29, 1.82) is 0 Å². The summed E-state index contributed by atoms with van der Waals surface area (Å²) in [5.41, 5.74) is 1.89. The van der Waals surface area contributed by atoms with Gasteiger partial charge in [-0.25, -0.2) is 4.98 Å². The third-order valence-corrected chi connectivity index (χ3v) is 3.00. The third kappa shape index (κ3) is 2.08. The van der Waals surface area contributed by atoms with Crippen LogP contribution in [0.3, 0.4) is 0 Å². The summed E-state index contributed by atoms with van der Waals surface area (Å²) < 4.78 is 5.53. The Morgan fingerprint density at radius 2 is 2.12 bits per heavy atom. The molecule has 0 bridgehead atoms. The van der Waals surface area contributed by atoms with Crippen LogP contribution in [0, 0.1) is 0 Å². The average molecular weight is 229 g/mol. The molecule has 0 aliphatic carbocycles. The van der Waals surface area contributed by atoms with Crippen LogP contribution in [-0.4, -0.2) is 35.8 Å². The van der Waals surface area contributed by atoms with E-state index in [1.165, 1.54) is 0 Å². The summed E-state index contributed by atoms with van der Waals surface area (Å²) in [4.78, 5) is 11.3. The lowest BCUT2D eigenvalue weighted by Crippen LogP contribution is -2.41. The smallest absolute Gasteiger partial charge is 0.148 e. The Kier molecular flexibility index (Phi) is 2.65. The van der Waals surface area contributed by atoms with Gasteiger partial charge in [0.05, 0.1) is 29.9 Å². The molecular weight excluding hydrogens is 214 g/mol. The van der Waals surface area contributed by atoms with E-state index >= 15 is 0 Å². The average Bonchev–Trinajstić information content (AvgIpc) is 2.38. The molecular formula is C13H15N3O. The van der Waals surface area contributed by atoms with Crippen molar-refractivity contribution in [3.8, 4) is 0 Å². The summed E-state index contributed by atoms with van der Waals surface area (Å²) in [5.74, 6) is 0.943. The molecule has 1 atom stereocenters. The topological polar surface area (TPSA) is 38.2 Å². The normalized spacial score (nSPS) is 20.8. The molecule has 0 amide bonds. The molecule has 1 aliphatic rings. The van der Waals surface area contributed by atoms with Gasteiger partial charge in [0.2, 0.25) is 0 Å². The van der Waals surface area contributed by atoms with Gasteiger partial charge in [0.15, 0.2) is 0 Å². The number of morpholine rings is 1. The van der Waals surface area contributed by atoms with Crippen LogP contribution in [0.2, 0.25) is 0 Å². The third-order valence-electron chi connectivity index (χ3n) is 3.00. The summed E-state index contributed by atoms with van der Waals surface area (Å²) in [7, 11) is 0. The first-order valence-electron chi connectivity index (χ1n) is 5.91. The molecule has 0 spiro atoms. The zero-order valence-corrected chi connectivity index (χ0v) is 9.84.